The molecule has 1 saturated carbocycles. The van der Waals surface area contributed by atoms with Crippen LogP contribution in [0.4, 0.5) is 0 Å². The first-order valence-corrected chi connectivity index (χ1v) is 5.75. The van der Waals surface area contributed by atoms with Crippen molar-refractivity contribution in [1.29, 1.82) is 0 Å². The number of hydrogen-bond acceptors (Lipinski definition) is 2. The molecule has 0 saturated heterocycles. The van der Waals surface area contributed by atoms with E-state index >= 15 is 0 Å². The van der Waals surface area contributed by atoms with E-state index < -0.39 is 0 Å². The molecule has 1 aliphatic rings. The van der Waals surface area contributed by atoms with Crippen molar-refractivity contribution < 1.29 is 4.79 Å². The SMILES string of the molecule is CCC(CCN)CCC(=O)NC1CC1. The Bertz CT molecular complexity index is 178. The number of carbonyl (C=O) groups excluding carboxylic acids is 1. The summed E-state index contributed by atoms with van der Waals surface area (Å²) in [5.41, 5.74) is 5.50. The van der Waals surface area contributed by atoms with Crippen LogP contribution in [0.15, 0.2) is 0 Å². The molecular formula is C11H22N2O. The van der Waals surface area contributed by atoms with Crippen molar-refractivity contribution in [2.45, 2.75) is 51.5 Å². The van der Waals surface area contributed by atoms with Crippen molar-refractivity contribution in [2.75, 3.05) is 6.54 Å². The Kier molecular flexibility index (Phi) is 4.94. The molecule has 1 atom stereocenters. The van der Waals surface area contributed by atoms with Crippen molar-refractivity contribution in [3.05, 3.63) is 0 Å². The summed E-state index contributed by atoms with van der Waals surface area (Å²) in [7, 11) is 0. The Morgan fingerprint density at radius 1 is 1.50 bits per heavy atom. The third-order valence-corrected chi connectivity index (χ3v) is 2.87. The highest BCUT2D eigenvalue weighted by Crippen LogP contribution is 2.19. The van der Waals surface area contributed by atoms with Crippen LogP contribution in [0.25, 0.3) is 0 Å². The molecule has 1 fully saturated rings. The predicted octanol–water partition coefficient (Wildman–Crippen LogP) is 1.42. The average Bonchev–Trinajstić information content (AvgIpc) is 2.96. The summed E-state index contributed by atoms with van der Waals surface area (Å²) in [5, 5.41) is 3.01. The minimum atomic E-state index is 0.225. The summed E-state index contributed by atoms with van der Waals surface area (Å²) < 4.78 is 0. The predicted molar refractivity (Wildman–Crippen MR) is 57.9 cm³/mol. The number of nitrogens with one attached hydrogen (secondary N) is 1. The molecule has 0 aromatic heterocycles. The van der Waals surface area contributed by atoms with Gasteiger partial charge in [0.25, 0.3) is 0 Å². The fourth-order valence-corrected chi connectivity index (χ4v) is 1.65. The smallest absolute Gasteiger partial charge is 0.220 e. The summed E-state index contributed by atoms with van der Waals surface area (Å²) in [4.78, 5) is 11.4. The van der Waals surface area contributed by atoms with E-state index in [9.17, 15) is 4.79 Å². The molecule has 0 bridgehead atoms. The Balaban J connectivity index is 2.06. The van der Waals surface area contributed by atoms with Crippen molar-refractivity contribution >= 4 is 5.91 Å². The van der Waals surface area contributed by atoms with E-state index in [0.29, 0.717) is 18.4 Å². The van der Waals surface area contributed by atoms with E-state index in [1.54, 1.807) is 0 Å². The van der Waals surface area contributed by atoms with Gasteiger partial charge in [-0.15, -0.1) is 0 Å². The molecule has 0 aromatic rings. The topological polar surface area (TPSA) is 55.1 Å². The molecule has 3 heteroatoms. The maximum absolute atomic E-state index is 11.4. The summed E-state index contributed by atoms with van der Waals surface area (Å²) in [6.45, 7) is 2.90. The molecule has 82 valence electrons. The van der Waals surface area contributed by atoms with Crippen LogP contribution in [0.2, 0.25) is 0 Å². The number of amides is 1. The van der Waals surface area contributed by atoms with Gasteiger partial charge >= 0.3 is 0 Å². The minimum absolute atomic E-state index is 0.225. The van der Waals surface area contributed by atoms with E-state index in [0.717, 1.165) is 25.8 Å². The van der Waals surface area contributed by atoms with E-state index in [2.05, 4.69) is 12.2 Å². The van der Waals surface area contributed by atoms with Crippen molar-refractivity contribution in [1.82, 2.24) is 5.32 Å². The molecule has 0 heterocycles. The van der Waals surface area contributed by atoms with Crippen LogP contribution < -0.4 is 11.1 Å². The Morgan fingerprint density at radius 2 is 2.21 bits per heavy atom. The Hall–Kier alpha value is -0.570. The summed E-state index contributed by atoms with van der Waals surface area (Å²) in [6, 6.07) is 0.497. The fraction of sp³-hybridized carbons (Fsp3) is 0.909. The number of nitrogens with two attached hydrogens (primary N) is 1. The van der Waals surface area contributed by atoms with Gasteiger partial charge in [-0.2, -0.15) is 0 Å². The summed E-state index contributed by atoms with van der Waals surface area (Å²) >= 11 is 0. The van der Waals surface area contributed by atoms with Crippen LogP contribution in [0.3, 0.4) is 0 Å². The number of rotatable bonds is 7. The van der Waals surface area contributed by atoms with E-state index in [1.165, 1.54) is 12.8 Å². The second-order valence-electron chi connectivity index (χ2n) is 4.23. The highest BCUT2D eigenvalue weighted by Gasteiger charge is 2.23. The van der Waals surface area contributed by atoms with Gasteiger partial charge in [0.05, 0.1) is 0 Å². The highest BCUT2D eigenvalue weighted by molar-refractivity contribution is 5.76. The van der Waals surface area contributed by atoms with Gasteiger partial charge in [0, 0.05) is 12.5 Å². The van der Waals surface area contributed by atoms with Crippen LogP contribution in [0.1, 0.15) is 45.4 Å². The van der Waals surface area contributed by atoms with Gasteiger partial charge < -0.3 is 11.1 Å². The first kappa shape index (κ1) is 11.5. The summed E-state index contributed by atoms with van der Waals surface area (Å²) in [6.07, 6.45) is 6.19. The van der Waals surface area contributed by atoms with Gasteiger partial charge in [0.15, 0.2) is 0 Å². The molecule has 0 radical (unpaired) electrons. The van der Waals surface area contributed by atoms with Crippen LogP contribution >= 0.6 is 0 Å². The van der Waals surface area contributed by atoms with E-state index in [1.807, 2.05) is 0 Å². The molecule has 1 rings (SSSR count). The maximum atomic E-state index is 11.4. The first-order chi connectivity index (χ1) is 6.76. The van der Waals surface area contributed by atoms with Crippen LogP contribution in [0, 0.1) is 5.92 Å². The lowest BCUT2D eigenvalue weighted by molar-refractivity contribution is -0.121. The van der Waals surface area contributed by atoms with Gasteiger partial charge in [-0.25, -0.2) is 0 Å². The molecule has 3 N–H and O–H groups in total. The highest BCUT2D eigenvalue weighted by atomic mass is 16.1. The monoisotopic (exact) mass is 198 g/mol. The van der Waals surface area contributed by atoms with Gasteiger partial charge in [0.2, 0.25) is 5.91 Å². The molecule has 1 unspecified atom stereocenters. The van der Waals surface area contributed by atoms with E-state index in [4.69, 9.17) is 5.73 Å². The zero-order valence-corrected chi connectivity index (χ0v) is 9.09. The van der Waals surface area contributed by atoms with Crippen LogP contribution in [-0.4, -0.2) is 18.5 Å². The van der Waals surface area contributed by atoms with Crippen LogP contribution in [0.5, 0.6) is 0 Å². The number of carbonyl (C=O) groups is 1. The lowest BCUT2D eigenvalue weighted by atomic mass is 9.96. The zero-order valence-electron chi connectivity index (χ0n) is 9.09. The minimum Gasteiger partial charge on any atom is -0.353 e. The molecule has 14 heavy (non-hydrogen) atoms. The van der Waals surface area contributed by atoms with Crippen LogP contribution in [-0.2, 0) is 4.79 Å². The second kappa shape index (κ2) is 6.02. The van der Waals surface area contributed by atoms with E-state index in [-0.39, 0.29) is 5.91 Å². The standard InChI is InChI=1S/C11H22N2O/c1-2-9(7-8-12)3-6-11(14)13-10-4-5-10/h9-10H,2-8,12H2,1H3,(H,13,14). The molecule has 3 nitrogen and oxygen atoms in total. The zero-order chi connectivity index (χ0) is 10.4. The second-order valence-corrected chi connectivity index (χ2v) is 4.23. The lowest BCUT2D eigenvalue weighted by Crippen LogP contribution is -2.25. The normalized spacial score (nSPS) is 17.9. The molecule has 1 aliphatic carbocycles. The van der Waals surface area contributed by atoms with Crippen molar-refractivity contribution in [3.63, 3.8) is 0 Å². The fourth-order valence-electron chi connectivity index (χ4n) is 1.65. The van der Waals surface area contributed by atoms with Gasteiger partial charge in [-0.05, 0) is 38.1 Å². The number of hydrogen-bond donors (Lipinski definition) is 2. The van der Waals surface area contributed by atoms with Gasteiger partial charge in [0.1, 0.15) is 0 Å². The maximum Gasteiger partial charge on any atom is 0.220 e. The van der Waals surface area contributed by atoms with Crippen molar-refractivity contribution in [3.8, 4) is 0 Å². The molecule has 1 amide bonds. The molecule has 0 aromatic carbocycles. The van der Waals surface area contributed by atoms with Gasteiger partial charge in [-0.3, -0.25) is 4.79 Å². The first-order valence-electron chi connectivity index (χ1n) is 5.75. The lowest BCUT2D eigenvalue weighted by Gasteiger charge is -2.12. The molecular weight excluding hydrogens is 176 g/mol. The Labute approximate surface area is 86.4 Å². The summed E-state index contributed by atoms with van der Waals surface area (Å²) in [5.74, 6) is 0.855. The Morgan fingerprint density at radius 3 is 2.71 bits per heavy atom. The largest absolute Gasteiger partial charge is 0.353 e. The third-order valence-electron chi connectivity index (χ3n) is 2.87. The quantitative estimate of drug-likeness (QED) is 0.650. The molecule has 0 aliphatic heterocycles. The average molecular weight is 198 g/mol. The molecule has 0 spiro atoms. The van der Waals surface area contributed by atoms with Gasteiger partial charge in [-0.1, -0.05) is 13.3 Å². The third kappa shape index (κ3) is 4.61. The van der Waals surface area contributed by atoms with Crippen molar-refractivity contribution in [2.24, 2.45) is 11.7 Å².